The predicted octanol–water partition coefficient (Wildman–Crippen LogP) is 2.05. The zero-order valence-corrected chi connectivity index (χ0v) is 15.7. The van der Waals surface area contributed by atoms with Crippen LogP contribution in [-0.4, -0.2) is 66.7 Å². The van der Waals surface area contributed by atoms with Gasteiger partial charge in [0.15, 0.2) is 0 Å². The maximum atomic E-state index is 12.2. The number of nitrogens with zero attached hydrogens (tertiary/aromatic N) is 2. The third kappa shape index (κ3) is 5.61. The molecule has 7 nitrogen and oxygen atoms in total. The summed E-state index contributed by atoms with van der Waals surface area (Å²) in [6.45, 7) is 8.04. The fourth-order valence-electron chi connectivity index (χ4n) is 3.44. The van der Waals surface area contributed by atoms with Gasteiger partial charge in [0.05, 0.1) is 13.0 Å². The largest absolute Gasteiger partial charge is 0.469 e. The Morgan fingerprint density at radius 1 is 1.24 bits per heavy atom. The van der Waals surface area contributed by atoms with Crippen LogP contribution in [0.4, 0.5) is 4.79 Å². The molecule has 142 valence electrons. The van der Waals surface area contributed by atoms with Gasteiger partial charge in [-0.2, -0.15) is 0 Å². The van der Waals surface area contributed by atoms with E-state index in [4.69, 9.17) is 9.47 Å². The quantitative estimate of drug-likeness (QED) is 0.722. The number of carbonyl (C=O) groups excluding carboxylic acids is 3. The number of hydrogen-bond donors (Lipinski definition) is 0. The van der Waals surface area contributed by atoms with Crippen molar-refractivity contribution < 1.29 is 23.9 Å². The van der Waals surface area contributed by atoms with Gasteiger partial charge in [-0.15, -0.1) is 0 Å². The van der Waals surface area contributed by atoms with Gasteiger partial charge in [0.25, 0.3) is 0 Å². The van der Waals surface area contributed by atoms with Crippen molar-refractivity contribution in [3.8, 4) is 0 Å². The van der Waals surface area contributed by atoms with E-state index in [9.17, 15) is 14.4 Å². The summed E-state index contributed by atoms with van der Waals surface area (Å²) in [4.78, 5) is 39.3. The molecule has 0 aromatic heterocycles. The molecule has 2 heterocycles. The fourth-order valence-corrected chi connectivity index (χ4v) is 3.44. The molecule has 2 aliphatic rings. The molecule has 0 aliphatic carbocycles. The molecule has 2 atom stereocenters. The number of hydrogen-bond acceptors (Lipinski definition) is 5. The summed E-state index contributed by atoms with van der Waals surface area (Å²) in [6.07, 6.45) is 2.80. The van der Waals surface area contributed by atoms with Crippen LogP contribution in [0.15, 0.2) is 0 Å². The van der Waals surface area contributed by atoms with Crippen LogP contribution in [-0.2, 0) is 19.1 Å². The number of amides is 2. The highest BCUT2D eigenvalue weighted by molar-refractivity contribution is 5.86. The highest BCUT2D eigenvalue weighted by Crippen LogP contribution is 2.24. The number of piperidine rings is 1. The minimum absolute atomic E-state index is 0.00945. The van der Waals surface area contributed by atoms with Gasteiger partial charge in [0.1, 0.15) is 5.60 Å². The molecule has 0 aromatic rings. The molecule has 2 aliphatic heterocycles. The molecule has 0 bridgehead atoms. The van der Waals surface area contributed by atoms with E-state index in [1.807, 2.05) is 20.8 Å². The Hall–Kier alpha value is -1.79. The molecule has 25 heavy (non-hydrogen) atoms. The van der Waals surface area contributed by atoms with Crippen LogP contribution < -0.4 is 0 Å². The van der Waals surface area contributed by atoms with Crippen LogP contribution in [0.5, 0.6) is 0 Å². The lowest BCUT2D eigenvalue weighted by atomic mass is 9.95. The van der Waals surface area contributed by atoms with E-state index in [0.29, 0.717) is 25.6 Å². The van der Waals surface area contributed by atoms with E-state index < -0.39 is 5.60 Å². The second-order valence-electron chi connectivity index (χ2n) is 7.99. The van der Waals surface area contributed by atoms with Gasteiger partial charge in [0, 0.05) is 32.6 Å². The van der Waals surface area contributed by atoms with E-state index in [2.05, 4.69) is 0 Å². The van der Waals surface area contributed by atoms with Crippen LogP contribution in [0.1, 0.15) is 46.5 Å². The lowest BCUT2D eigenvalue weighted by molar-refractivity contribution is -0.145. The summed E-state index contributed by atoms with van der Waals surface area (Å²) < 4.78 is 10.2. The second-order valence-corrected chi connectivity index (χ2v) is 7.99. The molecule has 7 heteroatoms. The molecular formula is C18H30N2O5. The Balaban J connectivity index is 1.80. The fraction of sp³-hybridized carbons (Fsp3) is 0.833. The number of likely N-dealkylation sites (tertiary alicyclic amines) is 2. The molecule has 0 spiro atoms. The van der Waals surface area contributed by atoms with Gasteiger partial charge < -0.3 is 19.3 Å². The molecule has 2 saturated heterocycles. The van der Waals surface area contributed by atoms with Crippen LogP contribution in [0.25, 0.3) is 0 Å². The molecule has 0 N–H and O–H groups in total. The standard InChI is InChI=1S/C18H30N2O5/c1-18(2,3)25-17(23)20-8-5-6-13(11-20)7-9-19-12-14(10-15(19)21)16(22)24-4/h13-14H,5-12H2,1-4H3. The Kier molecular flexibility index (Phi) is 6.30. The molecule has 2 fully saturated rings. The SMILES string of the molecule is COC(=O)C1CC(=O)N(CCC2CCCN(C(=O)OC(C)(C)C)C2)C1. The summed E-state index contributed by atoms with van der Waals surface area (Å²) in [5, 5.41) is 0. The van der Waals surface area contributed by atoms with E-state index in [1.165, 1.54) is 7.11 Å². The molecule has 0 saturated carbocycles. The van der Waals surface area contributed by atoms with Crippen molar-refractivity contribution in [1.29, 1.82) is 0 Å². The van der Waals surface area contributed by atoms with E-state index in [-0.39, 0.29) is 30.3 Å². The van der Waals surface area contributed by atoms with Crippen LogP contribution in [0, 0.1) is 11.8 Å². The third-order valence-corrected chi connectivity index (χ3v) is 4.73. The predicted molar refractivity (Wildman–Crippen MR) is 91.9 cm³/mol. The molecule has 2 rings (SSSR count). The number of methoxy groups -OCH3 is 1. The van der Waals surface area contributed by atoms with Crippen molar-refractivity contribution in [3.05, 3.63) is 0 Å². The van der Waals surface area contributed by atoms with Gasteiger partial charge in [-0.25, -0.2) is 4.79 Å². The number of carbonyl (C=O) groups is 3. The van der Waals surface area contributed by atoms with Crippen molar-refractivity contribution in [2.45, 2.75) is 52.1 Å². The first-order valence-corrected chi connectivity index (χ1v) is 9.03. The minimum Gasteiger partial charge on any atom is -0.469 e. The molecule has 0 radical (unpaired) electrons. The minimum atomic E-state index is -0.491. The van der Waals surface area contributed by atoms with Gasteiger partial charge in [-0.05, 0) is 46.0 Å². The van der Waals surface area contributed by atoms with Crippen LogP contribution in [0.3, 0.4) is 0 Å². The van der Waals surface area contributed by atoms with Gasteiger partial charge in [-0.1, -0.05) is 0 Å². The Bertz CT molecular complexity index is 514. The monoisotopic (exact) mass is 354 g/mol. The highest BCUT2D eigenvalue weighted by atomic mass is 16.6. The zero-order valence-electron chi connectivity index (χ0n) is 15.7. The maximum Gasteiger partial charge on any atom is 0.410 e. The lowest BCUT2D eigenvalue weighted by Gasteiger charge is -2.34. The van der Waals surface area contributed by atoms with Crippen molar-refractivity contribution in [1.82, 2.24) is 9.80 Å². The van der Waals surface area contributed by atoms with Crippen LogP contribution >= 0.6 is 0 Å². The van der Waals surface area contributed by atoms with Gasteiger partial charge >= 0.3 is 12.1 Å². The average molecular weight is 354 g/mol. The smallest absolute Gasteiger partial charge is 0.410 e. The Morgan fingerprint density at radius 3 is 2.60 bits per heavy atom. The topological polar surface area (TPSA) is 76.2 Å². The summed E-state index contributed by atoms with van der Waals surface area (Å²) in [5.41, 5.74) is -0.491. The zero-order chi connectivity index (χ0) is 18.6. The van der Waals surface area contributed by atoms with Crippen LogP contribution in [0.2, 0.25) is 0 Å². The molecular weight excluding hydrogens is 324 g/mol. The summed E-state index contributed by atoms with van der Waals surface area (Å²) >= 11 is 0. The lowest BCUT2D eigenvalue weighted by Crippen LogP contribution is -2.43. The summed E-state index contributed by atoms with van der Waals surface area (Å²) in [5.74, 6) is -0.298. The first-order chi connectivity index (χ1) is 11.7. The summed E-state index contributed by atoms with van der Waals surface area (Å²) in [6, 6.07) is 0. The van der Waals surface area contributed by atoms with E-state index in [0.717, 1.165) is 25.8 Å². The second kappa shape index (κ2) is 8.06. The van der Waals surface area contributed by atoms with Crippen molar-refractivity contribution in [2.24, 2.45) is 11.8 Å². The molecule has 0 aromatic carbocycles. The first-order valence-electron chi connectivity index (χ1n) is 9.03. The summed E-state index contributed by atoms with van der Waals surface area (Å²) in [7, 11) is 1.35. The van der Waals surface area contributed by atoms with E-state index >= 15 is 0 Å². The van der Waals surface area contributed by atoms with Gasteiger partial charge in [-0.3, -0.25) is 9.59 Å². The van der Waals surface area contributed by atoms with Crippen molar-refractivity contribution >= 4 is 18.0 Å². The average Bonchev–Trinajstić information content (AvgIpc) is 2.92. The third-order valence-electron chi connectivity index (χ3n) is 4.73. The molecule has 2 unspecified atom stereocenters. The first kappa shape index (κ1) is 19.5. The Morgan fingerprint density at radius 2 is 1.96 bits per heavy atom. The van der Waals surface area contributed by atoms with E-state index in [1.54, 1.807) is 9.80 Å². The molecule has 2 amide bonds. The highest BCUT2D eigenvalue weighted by Gasteiger charge is 2.35. The van der Waals surface area contributed by atoms with Gasteiger partial charge in [0.2, 0.25) is 5.91 Å². The normalized spacial score (nSPS) is 24.4. The number of ether oxygens (including phenoxy) is 2. The number of esters is 1. The maximum absolute atomic E-state index is 12.2. The van der Waals surface area contributed by atoms with Crippen molar-refractivity contribution in [2.75, 3.05) is 33.3 Å². The van der Waals surface area contributed by atoms with Crippen molar-refractivity contribution in [3.63, 3.8) is 0 Å². The Labute approximate surface area is 149 Å². The number of rotatable bonds is 4.